The third kappa shape index (κ3) is 6.28. The van der Waals surface area contributed by atoms with Crippen molar-refractivity contribution in [3.63, 3.8) is 0 Å². The Labute approximate surface area is 162 Å². The normalized spacial score (nSPS) is 34.2. The molecule has 26 heavy (non-hydrogen) atoms. The standard InChI is InChI=1S/C21H36O4S/c1-3-4-9-13-21(24)14-12-17-16(18(22)15-19(17)26-21)10-7-5-6-8-11-20(23)25-2/h5,7,16-19,22,24H,3-4,6,8-15H2,1-2H3/b7-5-/t16-,17-,18?,19-,21?/m1/s1. The highest BCUT2D eigenvalue weighted by atomic mass is 32.2. The third-order valence-electron chi connectivity index (χ3n) is 5.96. The topological polar surface area (TPSA) is 66.8 Å². The Bertz CT molecular complexity index is 467. The van der Waals surface area contributed by atoms with Gasteiger partial charge in [-0.25, -0.2) is 0 Å². The molecule has 2 N–H and O–H groups in total. The number of methoxy groups -OCH3 is 1. The molecule has 1 aliphatic carbocycles. The van der Waals surface area contributed by atoms with Crippen LogP contribution in [0.2, 0.25) is 0 Å². The van der Waals surface area contributed by atoms with Crippen LogP contribution in [0.25, 0.3) is 0 Å². The molecular weight excluding hydrogens is 348 g/mol. The lowest BCUT2D eigenvalue weighted by Crippen LogP contribution is -2.36. The summed E-state index contributed by atoms with van der Waals surface area (Å²) in [5, 5.41) is 21.8. The van der Waals surface area contributed by atoms with Crippen molar-refractivity contribution >= 4 is 17.7 Å². The van der Waals surface area contributed by atoms with E-state index in [1.807, 2.05) is 0 Å². The van der Waals surface area contributed by atoms with Crippen LogP contribution in [0.1, 0.15) is 77.6 Å². The van der Waals surface area contributed by atoms with Gasteiger partial charge >= 0.3 is 5.97 Å². The van der Waals surface area contributed by atoms with Gasteiger partial charge in [0.15, 0.2) is 0 Å². The van der Waals surface area contributed by atoms with Crippen LogP contribution in [0, 0.1) is 11.8 Å². The number of esters is 1. The largest absolute Gasteiger partial charge is 0.469 e. The quantitative estimate of drug-likeness (QED) is 0.331. The molecule has 2 unspecified atom stereocenters. The van der Waals surface area contributed by atoms with E-state index in [0.29, 0.717) is 23.5 Å². The fourth-order valence-electron chi connectivity index (χ4n) is 4.42. The summed E-state index contributed by atoms with van der Waals surface area (Å²) in [4.78, 5) is 10.5. The van der Waals surface area contributed by atoms with E-state index >= 15 is 0 Å². The van der Waals surface area contributed by atoms with Gasteiger partial charge in [-0.2, -0.15) is 0 Å². The summed E-state index contributed by atoms with van der Waals surface area (Å²) in [7, 11) is 1.42. The van der Waals surface area contributed by atoms with Crippen molar-refractivity contribution < 1.29 is 19.7 Å². The summed E-state index contributed by atoms with van der Waals surface area (Å²) < 4.78 is 4.64. The van der Waals surface area contributed by atoms with E-state index in [-0.39, 0.29) is 12.1 Å². The predicted molar refractivity (Wildman–Crippen MR) is 107 cm³/mol. The minimum absolute atomic E-state index is 0.155. The molecule has 0 aromatic rings. The molecule has 5 atom stereocenters. The van der Waals surface area contributed by atoms with Gasteiger partial charge < -0.3 is 14.9 Å². The molecule has 2 fully saturated rings. The number of carbonyl (C=O) groups is 1. The zero-order chi connectivity index (χ0) is 19.0. The van der Waals surface area contributed by atoms with Gasteiger partial charge in [-0.15, -0.1) is 11.8 Å². The van der Waals surface area contributed by atoms with E-state index < -0.39 is 4.93 Å². The number of aliphatic hydroxyl groups is 2. The highest BCUT2D eigenvalue weighted by molar-refractivity contribution is 8.01. The summed E-state index contributed by atoms with van der Waals surface area (Å²) in [6, 6.07) is 0. The van der Waals surface area contributed by atoms with Gasteiger partial charge in [0.05, 0.1) is 13.2 Å². The second-order valence-corrected chi connectivity index (χ2v) is 9.51. The molecule has 1 heterocycles. The summed E-state index contributed by atoms with van der Waals surface area (Å²) in [6.07, 6.45) is 14.1. The fraction of sp³-hybridized carbons (Fsp3) is 0.857. The summed E-state index contributed by atoms with van der Waals surface area (Å²) in [5.41, 5.74) is 0. The van der Waals surface area contributed by atoms with Crippen molar-refractivity contribution in [3.05, 3.63) is 12.2 Å². The van der Waals surface area contributed by atoms with Gasteiger partial charge in [0, 0.05) is 11.7 Å². The first-order valence-corrected chi connectivity index (χ1v) is 11.2. The van der Waals surface area contributed by atoms with Crippen molar-refractivity contribution in [2.45, 2.75) is 93.8 Å². The van der Waals surface area contributed by atoms with E-state index in [4.69, 9.17) is 0 Å². The number of allylic oxidation sites excluding steroid dienone is 2. The van der Waals surface area contributed by atoms with E-state index in [9.17, 15) is 15.0 Å². The lowest BCUT2D eigenvalue weighted by Gasteiger charge is -2.39. The maximum atomic E-state index is 11.1. The Morgan fingerprint density at radius 2 is 2.12 bits per heavy atom. The summed E-state index contributed by atoms with van der Waals surface area (Å²) in [6.45, 7) is 2.19. The zero-order valence-corrected chi connectivity index (χ0v) is 17.2. The van der Waals surface area contributed by atoms with Crippen molar-refractivity contribution in [1.29, 1.82) is 0 Å². The Kier molecular flexibility index (Phi) is 8.98. The SMILES string of the molecule is CCCCCC1(O)CC[C@H]2[C@@H](CC(O)[C@@H]2C/C=C\CCCC(=O)OC)S1. The monoisotopic (exact) mass is 384 g/mol. The van der Waals surface area contributed by atoms with E-state index in [2.05, 4.69) is 23.8 Å². The van der Waals surface area contributed by atoms with Gasteiger partial charge in [0.1, 0.15) is 4.93 Å². The van der Waals surface area contributed by atoms with Crippen molar-refractivity contribution in [1.82, 2.24) is 0 Å². The smallest absolute Gasteiger partial charge is 0.305 e. The van der Waals surface area contributed by atoms with Gasteiger partial charge in [-0.3, -0.25) is 4.79 Å². The fourth-order valence-corrected chi connectivity index (χ4v) is 6.29. The highest BCUT2D eigenvalue weighted by Crippen LogP contribution is 2.54. The molecule has 2 aliphatic rings. The van der Waals surface area contributed by atoms with Crippen LogP contribution < -0.4 is 0 Å². The number of rotatable bonds is 10. The third-order valence-corrected chi connectivity index (χ3v) is 7.65. The lowest BCUT2D eigenvalue weighted by atomic mass is 9.86. The number of fused-ring (bicyclic) bond motifs is 1. The van der Waals surface area contributed by atoms with Gasteiger partial charge in [-0.1, -0.05) is 31.9 Å². The van der Waals surface area contributed by atoms with Crippen LogP contribution >= 0.6 is 11.8 Å². The number of carbonyl (C=O) groups excluding carboxylic acids is 1. The minimum Gasteiger partial charge on any atom is -0.469 e. The van der Waals surface area contributed by atoms with Crippen LogP contribution in [0.15, 0.2) is 12.2 Å². The Balaban J connectivity index is 1.76. The van der Waals surface area contributed by atoms with Crippen LogP contribution in [-0.2, 0) is 9.53 Å². The summed E-state index contributed by atoms with van der Waals surface area (Å²) >= 11 is 1.74. The maximum Gasteiger partial charge on any atom is 0.305 e. The molecule has 0 aromatic carbocycles. The number of aliphatic hydroxyl groups excluding tert-OH is 1. The molecular formula is C21H36O4S. The molecule has 1 aliphatic heterocycles. The molecule has 1 saturated carbocycles. The molecule has 0 spiro atoms. The highest BCUT2D eigenvalue weighted by Gasteiger charge is 2.49. The first-order valence-electron chi connectivity index (χ1n) is 10.3. The van der Waals surface area contributed by atoms with Crippen LogP contribution in [-0.4, -0.2) is 39.6 Å². The van der Waals surface area contributed by atoms with Crippen LogP contribution in [0.3, 0.4) is 0 Å². The average molecular weight is 385 g/mol. The number of unbranched alkanes of at least 4 members (excludes halogenated alkanes) is 3. The van der Waals surface area contributed by atoms with Crippen LogP contribution in [0.4, 0.5) is 0 Å². The van der Waals surface area contributed by atoms with Gasteiger partial charge in [0.25, 0.3) is 0 Å². The second kappa shape index (κ2) is 10.7. The molecule has 5 heteroatoms. The molecule has 0 aromatic heterocycles. The molecule has 2 rings (SSSR count). The number of thioether (sulfide) groups is 1. The predicted octanol–water partition coefficient (Wildman–Crippen LogP) is 4.44. The zero-order valence-electron chi connectivity index (χ0n) is 16.4. The number of hydrogen-bond donors (Lipinski definition) is 2. The number of ether oxygens (including phenoxy) is 1. The molecule has 0 bridgehead atoms. The first-order chi connectivity index (χ1) is 12.5. The summed E-state index contributed by atoms with van der Waals surface area (Å²) in [5.74, 6) is 0.670. The molecule has 150 valence electrons. The molecule has 0 amide bonds. The van der Waals surface area contributed by atoms with E-state index in [1.54, 1.807) is 11.8 Å². The van der Waals surface area contributed by atoms with Crippen molar-refractivity contribution in [2.75, 3.05) is 7.11 Å². The average Bonchev–Trinajstić information content (AvgIpc) is 2.91. The minimum atomic E-state index is -0.575. The van der Waals surface area contributed by atoms with Crippen LogP contribution in [0.5, 0.6) is 0 Å². The van der Waals surface area contributed by atoms with Crippen molar-refractivity contribution in [2.24, 2.45) is 11.8 Å². The Hall–Kier alpha value is -0.520. The van der Waals surface area contributed by atoms with Gasteiger partial charge in [0.2, 0.25) is 0 Å². The van der Waals surface area contributed by atoms with Crippen molar-refractivity contribution in [3.8, 4) is 0 Å². The van der Waals surface area contributed by atoms with E-state index in [1.165, 1.54) is 20.0 Å². The molecule has 4 nitrogen and oxygen atoms in total. The lowest BCUT2D eigenvalue weighted by molar-refractivity contribution is -0.140. The second-order valence-electron chi connectivity index (χ2n) is 7.90. The Morgan fingerprint density at radius 3 is 2.85 bits per heavy atom. The number of hydrogen-bond acceptors (Lipinski definition) is 5. The molecule has 0 radical (unpaired) electrons. The first kappa shape index (κ1) is 21.8. The van der Waals surface area contributed by atoms with Gasteiger partial charge in [-0.05, 0) is 63.2 Å². The Morgan fingerprint density at radius 1 is 1.31 bits per heavy atom. The maximum absolute atomic E-state index is 11.1. The van der Waals surface area contributed by atoms with E-state index in [0.717, 1.165) is 51.4 Å². The molecule has 1 saturated heterocycles.